The second kappa shape index (κ2) is 10.5. The van der Waals surface area contributed by atoms with Gasteiger partial charge in [-0.3, -0.25) is 10.9 Å². The normalized spacial score (nSPS) is 23.7. The fourth-order valence-electron chi connectivity index (χ4n) is 5.96. The summed E-state index contributed by atoms with van der Waals surface area (Å²) in [6, 6.07) is 6.46. The van der Waals surface area contributed by atoms with E-state index in [1.165, 1.54) is 6.42 Å². The zero-order chi connectivity index (χ0) is 27.0. The molecule has 4 aliphatic rings. The fraction of sp³-hybridized carbons (Fsp3) is 0.536. The van der Waals surface area contributed by atoms with E-state index in [0.29, 0.717) is 17.8 Å². The van der Waals surface area contributed by atoms with E-state index in [1.54, 1.807) is 7.11 Å². The minimum atomic E-state index is -0.950. The van der Waals surface area contributed by atoms with Crippen molar-refractivity contribution in [3.8, 4) is 5.75 Å². The maximum atomic E-state index is 7.32. The van der Waals surface area contributed by atoms with Crippen molar-refractivity contribution in [1.29, 1.82) is 0 Å². The van der Waals surface area contributed by atoms with Crippen molar-refractivity contribution in [3.63, 3.8) is 0 Å². The molecule has 1 unspecified atom stereocenters. The van der Waals surface area contributed by atoms with Gasteiger partial charge in [-0.15, -0.1) is 0 Å². The first-order valence-corrected chi connectivity index (χ1v) is 14.0. The van der Waals surface area contributed by atoms with Crippen LogP contribution in [0.3, 0.4) is 0 Å². The first kappa shape index (κ1) is 25.7. The molecule has 1 aromatic heterocycles. The number of fused-ring (bicyclic) bond motifs is 1. The number of morpholine rings is 1. The first-order chi connectivity index (χ1) is 19.0. The van der Waals surface area contributed by atoms with E-state index in [-0.39, 0.29) is 5.92 Å². The molecule has 1 aliphatic carbocycles. The Labute approximate surface area is 229 Å². The summed E-state index contributed by atoms with van der Waals surface area (Å²) < 4.78 is 13.4. The highest BCUT2D eigenvalue weighted by atomic mass is 16.5. The van der Waals surface area contributed by atoms with E-state index >= 15 is 0 Å². The third-order valence-corrected chi connectivity index (χ3v) is 8.19. The lowest BCUT2D eigenvalue weighted by Gasteiger charge is -2.39. The topological polar surface area (TPSA) is 126 Å². The standard InChI is InChI=1S/C28H39N9O2/c1-18(2)37-16-22(30-17-37)25-24-26(35-34-25)32-27(33-28(24,29)19-7-5-4-6-8-19)31-21-10-9-20(15-23(21)38-3)36-11-13-39-14-12-36/h9-10,15-19H,4-8,11-14,29H2,1-3H3,(H3,31,32,33,34,35). The highest BCUT2D eigenvalue weighted by molar-refractivity contribution is 6.17. The molecule has 0 radical (unpaired) electrons. The number of methoxy groups -OCH3 is 1. The smallest absolute Gasteiger partial charge is 0.226 e. The largest absolute Gasteiger partial charge is 0.494 e. The second-order valence-electron chi connectivity index (χ2n) is 11.0. The number of rotatable bonds is 6. The number of nitrogens with one attached hydrogen (secondary N) is 3. The first-order valence-electron chi connectivity index (χ1n) is 14.0. The number of hydrogen-bond acceptors (Lipinski definition) is 10. The average molecular weight is 534 g/mol. The van der Waals surface area contributed by atoms with Crippen LogP contribution in [0.5, 0.6) is 5.75 Å². The molecule has 1 saturated heterocycles. The summed E-state index contributed by atoms with van der Waals surface area (Å²) in [4.78, 5) is 17.0. The van der Waals surface area contributed by atoms with Crippen LogP contribution in [0.15, 0.2) is 46.3 Å². The van der Waals surface area contributed by atoms with Gasteiger partial charge in [0.1, 0.15) is 17.1 Å². The molecule has 6 rings (SSSR count). The third kappa shape index (κ3) is 4.85. The number of anilines is 2. The van der Waals surface area contributed by atoms with Crippen molar-refractivity contribution in [2.24, 2.45) is 21.6 Å². The SMILES string of the molecule is COc1cc(N2CCOCC2)ccc1NC1=NC(N)(C2CCCCC2)C2=C(c3cn(C(C)C)cn3)NNC2=N1. The molecule has 5 N–H and O–H groups in total. The summed E-state index contributed by atoms with van der Waals surface area (Å²) in [5.74, 6) is 2.06. The van der Waals surface area contributed by atoms with Crippen LogP contribution in [0.4, 0.5) is 11.4 Å². The molecule has 4 heterocycles. The third-order valence-electron chi connectivity index (χ3n) is 8.19. The fourth-order valence-corrected chi connectivity index (χ4v) is 5.96. The Balaban J connectivity index is 1.36. The van der Waals surface area contributed by atoms with Crippen LogP contribution in [0.25, 0.3) is 5.70 Å². The lowest BCUT2D eigenvalue weighted by molar-refractivity contribution is 0.122. The Morgan fingerprint density at radius 3 is 2.67 bits per heavy atom. The van der Waals surface area contributed by atoms with E-state index in [1.807, 2.05) is 24.7 Å². The Hall–Kier alpha value is -3.57. The Kier molecular flexibility index (Phi) is 6.94. The van der Waals surface area contributed by atoms with Crippen LogP contribution in [0.2, 0.25) is 0 Å². The number of guanidine groups is 1. The van der Waals surface area contributed by atoms with E-state index in [2.05, 4.69) is 50.5 Å². The number of amidine groups is 1. The molecule has 1 saturated carbocycles. The van der Waals surface area contributed by atoms with Crippen molar-refractivity contribution < 1.29 is 9.47 Å². The molecular formula is C28H39N9O2. The molecule has 0 spiro atoms. The van der Waals surface area contributed by atoms with Gasteiger partial charge in [0, 0.05) is 43.0 Å². The maximum absolute atomic E-state index is 7.32. The summed E-state index contributed by atoms with van der Waals surface area (Å²) in [5, 5.41) is 3.42. The van der Waals surface area contributed by atoms with Crippen LogP contribution >= 0.6 is 0 Å². The number of hydrazine groups is 1. The monoisotopic (exact) mass is 533 g/mol. The summed E-state index contributed by atoms with van der Waals surface area (Å²) in [6.07, 6.45) is 9.48. The quantitative estimate of drug-likeness (QED) is 0.446. The van der Waals surface area contributed by atoms with Crippen molar-refractivity contribution in [2.45, 2.75) is 57.7 Å². The van der Waals surface area contributed by atoms with Gasteiger partial charge < -0.3 is 30.0 Å². The predicted molar refractivity (Wildman–Crippen MR) is 154 cm³/mol. The molecule has 3 aliphatic heterocycles. The van der Waals surface area contributed by atoms with Gasteiger partial charge in [0.25, 0.3) is 0 Å². The van der Waals surface area contributed by atoms with Crippen molar-refractivity contribution >= 4 is 28.9 Å². The average Bonchev–Trinajstić information content (AvgIpc) is 3.62. The van der Waals surface area contributed by atoms with Crippen LogP contribution in [-0.4, -0.2) is 60.4 Å². The van der Waals surface area contributed by atoms with Crippen molar-refractivity contribution in [2.75, 3.05) is 43.6 Å². The Morgan fingerprint density at radius 2 is 1.95 bits per heavy atom. The lowest BCUT2D eigenvalue weighted by Crippen LogP contribution is -2.53. The van der Waals surface area contributed by atoms with Gasteiger partial charge in [-0.2, -0.15) is 4.99 Å². The molecule has 2 fully saturated rings. The molecule has 208 valence electrons. The molecule has 1 aromatic carbocycles. The molecular weight excluding hydrogens is 494 g/mol. The predicted octanol–water partition coefficient (Wildman–Crippen LogP) is 3.24. The Bertz CT molecular complexity index is 1300. The zero-order valence-electron chi connectivity index (χ0n) is 23.0. The Morgan fingerprint density at radius 1 is 1.15 bits per heavy atom. The number of aromatic nitrogens is 2. The number of ether oxygens (including phenoxy) is 2. The van der Waals surface area contributed by atoms with Crippen LogP contribution in [0, 0.1) is 5.92 Å². The van der Waals surface area contributed by atoms with Crippen molar-refractivity contribution in [3.05, 3.63) is 42.0 Å². The van der Waals surface area contributed by atoms with Gasteiger partial charge in [0.15, 0.2) is 5.84 Å². The number of nitrogens with zero attached hydrogens (tertiary/aromatic N) is 5. The van der Waals surface area contributed by atoms with Crippen molar-refractivity contribution in [1.82, 2.24) is 20.4 Å². The highest BCUT2D eigenvalue weighted by Crippen LogP contribution is 2.42. The molecule has 11 heteroatoms. The molecule has 11 nitrogen and oxygen atoms in total. The summed E-state index contributed by atoms with van der Waals surface area (Å²) in [6.45, 7) is 7.45. The number of nitrogens with two attached hydrogens (primary N) is 1. The summed E-state index contributed by atoms with van der Waals surface area (Å²) in [5.41, 5.74) is 17.4. The van der Waals surface area contributed by atoms with E-state index in [9.17, 15) is 0 Å². The van der Waals surface area contributed by atoms with Gasteiger partial charge in [-0.05, 0) is 38.8 Å². The van der Waals surface area contributed by atoms with Gasteiger partial charge >= 0.3 is 0 Å². The molecule has 0 amide bonds. The lowest BCUT2D eigenvalue weighted by atomic mass is 9.75. The van der Waals surface area contributed by atoms with E-state index in [4.69, 9.17) is 25.2 Å². The molecule has 0 bridgehead atoms. The van der Waals surface area contributed by atoms with Gasteiger partial charge in [0.05, 0.1) is 43.6 Å². The van der Waals surface area contributed by atoms with E-state index < -0.39 is 5.66 Å². The van der Waals surface area contributed by atoms with Crippen LogP contribution in [0.1, 0.15) is 57.7 Å². The summed E-state index contributed by atoms with van der Waals surface area (Å²) in [7, 11) is 1.68. The molecule has 2 aromatic rings. The van der Waals surface area contributed by atoms with E-state index in [0.717, 1.165) is 86.1 Å². The number of aliphatic imine (C=N–C) groups is 2. The van der Waals surface area contributed by atoms with Crippen LogP contribution < -0.4 is 31.5 Å². The minimum absolute atomic E-state index is 0.193. The summed E-state index contributed by atoms with van der Waals surface area (Å²) >= 11 is 0. The molecule has 39 heavy (non-hydrogen) atoms. The minimum Gasteiger partial charge on any atom is -0.494 e. The van der Waals surface area contributed by atoms with Gasteiger partial charge in [-0.25, -0.2) is 9.98 Å². The second-order valence-corrected chi connectivity index (χ2v) is 11.0. The van der Waals surface area contributed by atoms with Gasteiger partial charge in [0.2, 0.25) is 5.96 Å². The van der Waals surface area contributed by atoms with Gasteiger partial charge in [-0.1, -0.05) is 19.3 Å². The highest BCUT2D eigenvalue weighted by Gasteiger charge is 2.48. The number of hydrogen-bond donors (Lipinski definition) is 4. The number of imidazole rings is 1. The maximum Gasteiger partial charge on any atom is 0.226 e. The molecule has 1 atom stereocenters. The zero-order valence-corrected chi connectivity index (χ0v) is 23.0. The number of benzene rings is 1. The van der Waals surface area contributed by atoms with Crippen LogP contribution in [-0.2, 0) is 4.74 Å².